The number of nitrogens with zero attached hydrogens (tertiary/aromatic N) is 2. The van der Waals surface area contributed by atoms with Crippen molar-refractivity contribution in [1.82, 2.24) is 9.88 Å². The van der Waals surface area contributed by atoms with Crippen LogP contribution in [0, 0.1) is 11.8 Å². The first-order valence-electron chi connectivity index (χ1n) is 9.31. The van der Waals surface area contributed by atoms with Gasteiger partial charge in [0.25, 0.3) is 0 Å². The summed E-state index contributed by atoms with van der Waals surface area (Å²) in [7, 11) is 0. The van der Waals surface area contributed by atoms with Gasteiger partial charge in [-0.05, 0) is 36.6 Å². The molecule has 0 radical (unpaired) electrons. The van der Waals surface area contributed by atoms with E-state index in [1.54, 1.807) is 18.3 Å². The molecule has 0 bridgehead atoms. The monoisotopic (exact) mass is 439 g/mol. The molecule has 0 unspecified atom stereocenters. The van der Waals surface area contributed by atoms with Gasteiger partial charge in [0.15, 0.2) is 5.13 Å². The molecule has 0 saturated carbocycles. The smallest absolute Gasteiger partial charge is 0.229 e. The number of anilines is 1. The SMILES string of the molecule is CC(C)C(=O)N1CCC(C(=O)Nc2ncc(Cc3cc(Cl)ccc3Cl)s2)CC1. The molecule has 1 aliphatic heterocycles. The number of carbonyl (C=O) groups is 2. The number of benzene rings is 1. The van der Waals surface area contributed by atoms with Crippen molar-refractivity contribution in [3.8, 4) is 0 Å². The second-order valence-electron chi connectivity index (χ2n) is 7.29. The molecule has 1 aromatic carbocycles. The highest BCUT2D eigenvalue weighted by Gasteiger charge is 2.28. The quantitative estimate of drug-likeness (QED) is 0.722. The number of amides is 2. The third-order valence-electron chi connectivity index (χ3n) is 4.83. The van der Waals surface area contributed by atoms with Gasteiger partial charge in [0.2, 0.25) is 11.8 Å². The van der Waals surface area contributed by atoms with E-state index in [4.69, 9.17) is 23.2 Å². The van der Waals surface area contributed by atoms with Crippen LogP contribution in [0.3, 0.4) is 0 Å². The summed E-state index contributed by atoms with van der Waals surface area (Å²) in [5.41, 5.74) is 0.929. The number of aromatic nitrogens is 1. The van der Waals surface area contributed by atoms with Gasteiger partial charge in [-0.2, -0.15) is 0 Å². The van der Waals surface area contributed by atoms with Gasteiger partial charge in [-0.25, -0.2) is 4.98 Å². The fourth-order valence-corrected chi connectivity index (χ4v) is 4.47. The fourth-order valence-electron chi connectivity index (χ4n) is 3.25. The molecular formula is C20H23Cl2N3O2S. The van der Waals surface area contributed by atoms with Crippen molar-refractivity contribution < 1.29 is 9.59 Å². The molecule has 150 valence electrons. The Bertz CT molecular complexity index is 861. The predicted molar refractivity (Wildman–Crippen MR) is 114 cm³/mol. The minimum Gasteiger partial charge on any atom is -0.342 e. The Labute approximate surface area is 179 Å². The van der Waals surface area contributed by atoms with E-state index in [9.17, 15) is 9.59 Å². The molecule has 1 aromatic heterocycles. The molecule has 0 aliphatic carbocycles. The van der Waals surface area contributed by atoms with E-state index >= 15 is 0 Å². The zero-order valence-electron chi connectivity index (χ0n) is 15.9. The van der Waals surface area contributed by atoms with E-state index in [1.807, 2.05) is 24.8 Å². The number of halogens is 2. The Hall–Kier alpha value is -1.63. The summed E-state index contributed by atoms with van der Waals surface area (Å²) >= 11 is 13.7. The Kier molecular flexibility index (Phi) is 6.96. The maximum atomic E-state index is 12.6. The molecule has 1 fully saturated rings. The fraction of sp³-hybridized carbons (Fsp3) is 0.450. The van der Waals surface area contributed by atoms with Crippen molar-refractivity contribution in [2.24, 2.45) is 11.8 Å². The van der Waals surface area contributed by atoms with Crippen molar-refractivity contribution in [3.05, 3.63) is 44.9 Å². The second-order valence-corrected chi connectivity index (χ2v) is 9.25. The number of hydrogen-bond acceptors (Lipinski definition) is 4. The summed E-state index contributed by atoms with van der Waals surface area (Å²) in [5.74, 6) is 0.0273. The first-order chi connectivity index (χ1) is 13.3. The van der Waals surface area contributed by atoms with E-state index in [-0.39, 0.29) is 23.7 Å². The van der Waals surface area contributed by atoms with Gasteiger partial charge in [-0.15, -0.1) is 11.3 Å². The van der Waals surface area contributed by atoms with E-state index in [2.05, 4.69) is 10.3 Å². The molecule has 2 amide bonds. The zero-order chi connectivity index (χ0) is 20.3. The van der Waals surface area contributed by atoms with E-state index < -0.39 is 0 Å². The molecule has 28 heavy (non-hydrogen) atoms. The molecule has 2 heterocycles. The average Bonchev–Trinajstić information content (AvgIpc) is 3.11. The molecule has 8 heteroatoms. The van der Waals surface area contributed by atoms with Gasteiger partial charge in [-0.1, -0.05) is 37.0 Å². The molecule has 1 aliphatic rings. The third-order valence-corrected chi connectivity index (χ3v) is 6.34. The second kappa shape index (κ2) is 9.25. The summed E-state index contributed by atoms with van der Waals surface area (Å²) in [5, 5.41) is 4.80. The largest absolute Gasteiger partial charge is 0.342 e. The van der Waals surface area contributed by atoms with Gasteiger partial charge < -0.3 is 10.2 Å². The Balaban J connectivity index is 1.54. The Morgan fingerprint density at radius 3 is 2.68 bits per heavy atom. The number of piperidine rings is 1. The highest BCUT2D eigenvalue weighted by Crippen LogP contribution is 2.28. The summed E-state index contributed by atoms with van der Waals surface area (Å²) < 4.78 is 0. The Morgan fingerprint density at radius 2 is 2.00 bits per heavy atom. The van der Waals surface area contributed by atoms with Gasteiger partial charge in [0.1, 0.15) is 0 Å². The highest BCUT2D eigenvalue weighted by atomic mass is 35.5. The number of likely N-dealkylation sites (tertiary alicyclic amines) is 1. The van der Waals surface area contributed by atoms with Crippen molar-refractivity contribution in [2.75, 3.05) is 18.4 Å². The van der Waals surface area contributed by atoms with Crippen LogP contribution in [-0.4, -0.2) is 34.8 Å². The standard InChI is InChI=1S/C20H23Cl2N3O2S/c1-12(2)19(27)25-7-5-13(6-8-25)18(26)24-20-23-11-16(28-20)10-14-9-15(21)3-4-17(14)22/h3-4,9,11-13H,5-8,10H2,1-2H3,(H,23,24,26). The van der Waals surface area contributed by atoms with Gasteiger partial charge in [0.05, 0.1) is 0 Å². The third kappa shape index (κ3) is 5.25. The van der Waals surface area contributed by atoms with E-state index in [0.29, 0.717) is 47.5 Å². The van der Waals surface area contributed by atoms with Crippen LogP contribution in [0.25, 0.3) is 0 Å². The first-order valence-corrected chi connectivity index (χ1v) is 10.9. The average molecular weight is 440 g/mol. The van der Waals surface area contributed by atoms with Gasteiger partial charge in [0, 0.05) is 52.5 Å². The number of rotatable bonds is 5. The first kappa shape index (κ1) is 21.1. The number of thiazole rings is 1. The van der Waals surface area contributed by atoms with Crippen LogP contribution < -0.4 is 5.32 Å². The Morgan fingerprint density at radius 1 is 1.29 bits per heavy atom. The maximum Gasteiger partial charge on any atom is 0.229 e. The lowest BCUT2D eigenvalue weighted by Crippen LogP contribution is -2.43. The lowest BCUT2D eigenvalue weighted by molar-refractivity contribution is -0.137. The van der Waals surface area contributed by atoms with Crippen LogP contribution in [0.15, 0.2) is 24.4 Å². The molecule has 3 rings (SSSR count). The molecule has 2 aromatic rings. The van der Waals surface area contributed by atoms with Crippen LogP contribution in [0.1, 0.15) is 37.1 Å². The normalized spacial score (nSPS) is 15.1. The van der Waals surface area contributed by atoms with Crippen molar-refractivity contribution >= 4 is 51.5 Å². The van der Waals surface area contributed by atoms with Crippen molar-refractivity contribution in [1.29, 1.82) is 0 Å². The topological polar surface area (TPSA) is 62.3 Å². The van der Waals surface area contributed by atoms with Crippen LogP contribution >= 0.6 is 34.5 Å². The number of carbonyl (C=O) groups excluding carboxylic acids is 2. The lowest BCUT2D eigenvalue weighted by Gasteiger charge is -2.32. The molecule has 5 nitrogen and oxygen atoms in total. The zero-order valence-corrected chi connectivity index (χ0v) is 18.2. The number of nitrogens with one attached hydrogen (secondary N) is 1. The molecular weight excluding hydrogens is 417 g/mol. The summed E-state index contributed by atoms with van der Waals surface area (Å²) in [4.78, 5) is 31.8. The van der Waals surface area contributed by atoms with Gasteiger partial charge in [-0.3, -0.25) is 9.59 Å². The summed E-state index contributed by atoms with van der Waals surface area (Å²) in [6.07, 6.45) is 3.73. The molecule has 1 N–H and O–H groups in total. The number of hydrogen-bond donors (Lipinski definition) is 1. The molecule has 0 spiro atoms. The predicted octanol–water partition coefficient (Wildman–Crippen LogP) is 4.87. The summed E-state index contributed by atoms with van der Waals surface area (Å²) in [6, 6.07) is 5.37. The lowest BCUT2D eigenvalue weighted by atomic mass is 9.95. The highest BCUT2D eigenvalue weighted by molar-refractivity contribution is 7.15. The maximum absolute atomic E-state index is 12.6. The summed E-state index contributed by atoms with van der Waals surface area (Å²) in [6.45, 7) is 5.06. The van der Waals surface area contributed by atoms with Crippen molar-refractivity contribution in [3.63, 3.8) is 0 Å². The van der Waals surface area contributed by atoms with Crippen LogP contribution in [-0.2, 0) is 16.0 Å². The van der Waals surface area contributed by atoms with Crippen LogP contribution in [0.5, 0.6) is 0 Å². The van der Waals surface area contributed by atoms with E-state index in [0.717, 1.165) is 10.4 Å². The minimum absolute atomic E-state index is 0.00730. The minimum atomic E-state index is -0.0917. The van der Waals surface area contributed by atoms with Gasteiger partial charge >= 0.3 is 0 Å². The van der Waals surface area contributed by atoms with Crippen LogP contribution in [0.2, 0.25) is 10.0 Å². The van der Waals surface area contributed by atoms with Crippen molar-refractivity contribution in [2.45, 2.75) is 33.1 Å². The molecule has 0 atom stereocenters. The van der Waals surface area contributed by atoms with E-state index in [1.165, 1.54) is 11.3 Å². The van der Waals surface area contributed by atoms with Crippen LogP contribution in [0.4, 0.5) is 5.13 Å². The molecule has 1 saturated heterocycles.